The minimum absolute atomic E-state index is 0.0641. The Kier molecular flexibility index (Phi) is 6.13. The lowest BCUT2D eigenvalue weighted by atomic mass is 9.87. The molecular formula is C22H25BrN8O. The number of hydrogen-bond acceptors (Lipinski definition) is 7. The van der Waals surface area contributed by atoms with Gasteiger partial charge in [-0.2, -0.15) is 15.3 Å². The Labute approximate surface area is 194 Å². The summed E-state index contributed by atoms with van der Waals surface area (Å²) in [5, 5.41) is 20.9. The number of nitrogens with zero attached hydrogens (tertiary/aromatic N) is 5. The number of carbonyl (C=O) groups is 1. The van der Waals surface area contributed by atoms with E-state index >= 15 is 0 Å². The molecule has 1 aliphatic rings. The number of carbonyl (C=O) groups excluding carboxylic acids is 1. The smallest absolute Gasteiger partial charge is 0.225 e. The molecule has 1 saturated carbocycles. The van der Waals surface area contributed by atoms with Crippen LogP contribution in [0.25, 0.3) is 16.7 Å². The van der Waals surface area contributed by atoms with E-state index < -0.39 is 0 Å². The molecule has 0 radical (unpaired) electrons. The van der Waals surface area contributed by atoms with Crippen LogP contribution in [0.1, 0.15) is 37.3 Å². The van der Waals surface area contributed by atoms with Crippen molar-refractivity contribution in [2.45, 2.75) is 38.6 Å². The average Bonchev–Trinajstić information content (AvgIpc) is 3.33. The number of hydrogen-bond donors (Lipinski definition) is 3. The van der Waals surface area contributed by atoms with E-state index in [1.807, 2.05) is 19.1 Å². The van der Waals surface area contributed by atoms with Gasteiger partial charge in [0.05, 0.1) is 22.7 Å². The van der Waals surface area contributed by atoms with Crippen molar-refractivity contribution in [1.29, 1.82) is 5.26 Å². The summed E-state index contributed by atoms with van der Waals surface area (Å²) in [6.07, 6.45) is 4.73. The fourth-order valence-corrected chi connectivity index (χ4v) is 4.79. The quantitative estimate of drug-likeness (QED) is 0.477. The normalized spacial score (nSPS) is 20.3. The van der Waals surface area contributed by atoms with Crippen molar-refractivity contribution in [3.63, 3.8) is 0 Å². The van der Waals surface area contributed by atoms with Crippen molar-refractivity contribution in [2.75, 3.05) is 18.9 Å². The second-order valence-electron chi connectivity index (χ2n) is 8.35. The number of fused-ring (bicyclic) bond motifs is 1. The van der Waals surface area contributed by atoms with Gasteiger partial charge in [-0.3, -0.25) is 4.79 Å². The van der Waals surface area contributed by atoms with E-state index in [-0.39, 0.29) is 17.4 Å². The highest BCUT2D eigenvalue weighted by Crippen LogP contribution is 2.39. The van der Waals surface area contributed by atoms with Gasteiger partial charge >= 0.3 is 0 Å². The van der Waals surface area contributed by atoms with Gasteiger partial charge in [-0.15, -0.1) is 0 Å². The van der Waals surface area contributed by atoms with E-state index in [1.165, 1.54) is 0 Å². The van der Waals surface area contributed by atoms with Crippen molar-refractivity contribution in [3.05, 3.63) is 40.1 Å². The molecule has 10 heteroatoms. The van der Waals surface area contributed by atoms with Crippen LogP contribution in [0.15, 0.2) is 29.0 Å². The van der Waals surface area contributed by atoms with Crippen molar-refractivity contribution < 1.29 is 4.79 Å². The zero-order valence-corrected chi connectivity index (χ0v) is 19.6. The molecule has 2 atom stereocenters. The summed E-state index contributed by atoms with van der Waals surface area (Å²) >= 11 is 3.49. The second-order valence-corrected chi connectivity index (χ2v) is 9.10. The predicted octanol–water partition coefficient (Wildman–Crippen LogP) is 2.67. The van der Waals surface area contributed by atoms with Crippen LogP contribution < -0.4 is 16.4 Å². The first kappa shape index (κ1) is 22.2. The molecule has 0 unspecified atom stereocenters. The molecule has 2 heterocycles. The molecule has 166 valence electrons. The number of aromatic nitrogens is 4. The molecule has 4 N–H and O–H groups in total. The minimum Gasteiger partial charge on any atom is -0.359 e. The standard InChI is InChI=1S/C22H25BrN8O/c1-22(20(32)26-2)7-5-15(10-22)28-21-27-12-17-18(23)30-31(19(17)29-21)16-4-3-14(11-25)13(9-16)6-8-24/h3-4,9,12,15H,5-8,10,24H2,1-2H3,(H,26,32)(H,27,28,29)/t15-,22-/m1/s1. The second kappa shape index (κ2) is 8.84. The fraction of sp³-hybridized carbons (Fsp3) is 0.409. The molecular weight excluding hydrogens is 472 g/mol. The monoisotopic (exact) mass is 496 g/mol. The van der Waals surface area contributed by atoms with Crippen molar-refractivity contribution >= 4 is 38.8 Å². The van der Waals surface area contributed by atoms with E-state index in [0.717, 1.165) is 35.9 Å². The largest absolute Gasteiger partial charge is 0.359 e. The first-order valence-corrected chi connectivity index (χ1v) is 11.3. The highest BCUT2D eigenvalue weighted by Gasteiger charge is 2.40. The topological polar surface area (TPSA) is 135 Å². The molecule has 0 saturated heterocycles. The Hall–Kier alpha value is -3.03. The van der Waals surface area contributed by atoms with Crippen LogP contribution in [0.4, 0.5) is 5.95 Å². The van der Waals surface area contributed by atoms with Gasteiger partial charge in [0, 0.05) is 24.7 Å². The van der Waals surface area contributed by atoms with Crippen molar-refractivity contribution in [2.24, 2.45) is 11.1 Å². The number of benzene rings is 1. The molecule has 0 aliphatic heterocycles. The Morgan fingerprint density at radius 2 is 2.28 bits per heavy atom. The number of nitrogens with two attached hydrogens (primary N) is 1. The van der Waals surface area contributed by atoms with Gasteiger partial charge in [-0.05, 0) is 71.9 Å². The summed E-state index contributed by atoms with van der Waals surface area (Å²) in [5.41, 5.74) is 8.25. The molecule has 1 aliphatic carbocycles. The van der Waals surface area contributed by atoms with Crippen LogP contribution in [0, 0.1) is 16.7 Å². The van der Waals surface area contributed by atoms with Gasteiger partial charge in [0.25, 0.3) is 0 Å². The Morgan fingerprint density at radius 1 is 1.47 bits per heavy atom. The van der Waals surface area contributed by atoms with E-state index in [1.54, 1.807) is 24.0 Å². The molecule has 1 fully saturated rings. The number of rotatable bonds is 6. The van der Waals surface area contributed by atoms with Gasteiger partial charge < -0.3 is 16.4 Å². The zero-order chi connectivity index (χ0) is 22.9. The third-order valence-corrected chi connectivity index (χ3v) is 6.68. The molecule has 3 aromatic rings. The van der Waals surface area contributed by atoms with E-state index in [2.05, 4.69) is 42.7 Å². The maximum Gasteiger partial charge on any atom is 0.225 e. The zero-order valence-electron chi connectivity index (χ0n) is 18.0. The van der Waals surface area contributed by atoms with Gasteiger partial charge in [-0.1, -0.05) is 6.92 Å². The maximum atomic E-state index is 12.2. The summed E-state index contributed by atoms with van der Waals surface area (Å²) < 4.78 is 2.37. The van der Waals surface area contributed by atoms with Crippen LogP contribution in [-0.4, -0.2) is 45.3 Å². The van der Waals surface area contributed by atoms with Crippen LogP contribution in [0.2, 0.25) is 0 Å². The number of halogens is 1. The Morgan fingerprint density at radius 3 is 3.00 bits per heavy atom. The summed E-state index contributed by atoms with van der Waals surface area (Å²) in [6.45, 7) is 2.45. The lowest BCUT2D eigenvalue weighted by Gasteiger charge is -2.22. The van der Waals surface area contributed by atoms with Crippen LogP contribution in [0.3, 0.4) is 0 Å². The summed E-state index contributed by atoms with van der Waals surface area (Å²) in [5.74, 6) is 0.558. The fourth-order valence-electron chi connectivity index (χ4n) is 4.36. The first-order chi connectivity index (χ1) is 15.4. The molecule has 4 rings (SSSR count). The maximum absolute atomic E-state index is 12.2. The third kappa shape index (κ3) is 4.06. The van der Waals surface area contributed by atoms with Gasteiger partial charge in [-0.25, -0.2) is 9.67 Å². The lowest BCUT2D eigenvalue weighted by molar-refractivity contribution is -0.129. The molecule has 0 bridgehead atoms. The van der Waals surface area contributed by atoms with E-state index in [0.29, 0.717) is 34.7 Å². The Balaban J connectivity index is 1.66. The number of nitrogens with one attached hydrogen (secondary N) is 2. The summed E-state index contributed by atoms with van der Waals surface area (Å²) in [4.78, 5) is 21.4. The minimum atomic E-state index is -0.386. The molecule has 2 aromatic heterocycles. The van der Waals surface area contributed by atoms with E-state index in [4.69, 9.17) is 10.7 Å². The average molecular weight is 497 g/mol. The third-order valence-electron chi connectivity index (χ3n) is 6.10. The number of amides is 1. The van der Waals surface area contributed by atoms with Gasteiger partial charge in [0.1, 0.15) is 4.60 Å². The SMILES string of the molecule is CNC(=O)[C@]1(C)CC[C@@H](Nc2ncc3c(Br)nn(-c4ccc(C#N)c(CCN)c4)c3n2)C1. The van der Waals surface area contributed by atoms with Gasteiger partial charge in [0.2, 0.25) is 11.9 Å². The molecule has 32 heavy (non-hydrogen) atoms. The molecule has 1 amide bonds. The summed E-state index contributed by atoms with van der Waals surface area (Å²) in [7, 11) is 1.67. The summed E-state index contributed by atoms with van der Waals surface area (Å²) in [6, 6.07) is 7.87. The lowest BCUT2D eigenvalue weighted by Crippen LogP contribution is -2.35. The van der Waals surface area contributed by atoms with Gasteiger partial charge in [0.15, 0.2) is 5.65 Å². The highest BCUT2D eigenvalue weighted by atomic mass is 79.9. The molecule has 1 aromatic carbocycles. The number of nitriles is 1. The van der Waals surface area contributed by atoms with Crippen LogP contribution >= 0.6 is 15.9 Å². The highest BCUT2D eigenvalue weighted by molar-refractivity contribution is 9.10. The Bertz CT molecular complexity index is 1220. The molecule has 9 nitrogen and oxygen atoms in total. The number of anilines is 1. The van der Waals surface area contributed by atoms with Crippen LogP contribution in [-0.2, 0) is 11.2 Å². The first-order valence-electron chi connectivity index (χ1n) is 10.5. The van der Waals surface area contributed by atoms with E-state index in [9.17, 15) is 10.1 Å². The van der Waals surface area contributed by atoms with Crippen LogP contribution in [0.5, 0.6) is 0 Å². The molecule has 0 spiro atoms. The van der Waals surface area contributed by atoms with Crippen molar-refractivity contribution in [1.82, 2.24) is 25.1 Å². The predicted molar refractivity (Wildman–Crippen MR) is 125 cm³/mol. The van der Waals surface area contributed by atoms with Crippen molar-refractivity contribution in [3.8, 4) is 11.8 Å².